The average Bonchev–Trinajstić information content (AvgIpc) is 2.61. The summed E-state index contributed by atoms with van der Waals surface area (Å²) in [4.78, 5) is 14.1. The zero-order valence-corrected chi connectivity index (χ0v) is 16.2. The van der Waals surface area contributed by atoms with Crippen LogP contribution < -0.4 is 5.14 Å². The fraction of sp³-hybridized carbons (Fsp3) is 0.632. The first kappa shape index (κ1) is 20.3. The van der Waals surface area contributed by atoms with Crippen LogP contribution in [0.15, 0.2) is 30.3 Å². The molecule has 3 rings (SSSR count). The highest BCUT2D eigenvalue weighted by atomic mass is 32.2. The number of primary sulfonamides is 1. The third-order valence-electron chi connectivity index (χ3n) is 5.50. The summed E-state index contributed by atoms with van der Waals surface area (Å²) in [6.07, 6.45) is 2.39. The van der Waals surface area contributed by atoms with E-state index in [2.05, 4.69) is 0 Å². The number of likely N-dealkylation sites (tertiary alicyclic amines) is 1. The zero-order valence-electron chi connectivity index (χ0n) is 15.4. The van der Waals surface area contributed by atoms with E-state index in [1.807, 2.05) is 30.3 Å². The maximum Gasteiger partial charge on any atom is 0.222 e. The predicted molar refractivity (Wildman–Crippen MR) is 101 cm³/mol. The maximum atomic E-state index is 12.3. The molecule has 1 aromatic carbocycles. The molecule has 2 heterocycles. The Kier molecular flexibility index (Phi) is 6.20. The van der Waals surface area contributed by atoms with Gasteiger partial charge in [-0.25, -0.2) is 13.6 Å². The molecule has 2 aliphatic rings. The number of amides is 1. The molecule has 0 aromatic heterocycles. The summed E-state index contributed by atoms with van der Waals surface area (Å²) in [6, 6.07) is 9.92. The van der Waals surface area contributed by atoms with Crippen LogP contribution >= 0.6 is 0 Å². The van der Waals surface area contributed by atoms with Gasteiger partial charge in [-0.1, -0.05) is 30.3 Å². The molecular weight excluding hydrogens is 368 g/mol. The van der Waals surface area contributed by atoms with Gasteiger partial charge in [0.15, 0.2) is 0 Å². The van der Waals surface area contributed by atoms with Crippen molar-refractivity contribution in [2.24, 2.45) is 5.14 Å². The number of piperidine rings is 1. The smallest absolute Gasteiger partial charge is 0.222 e. The van der Waals surface area contributed by atoms with Crippen LogP contribution in [0, 0.1) is 0 Å². The van der Waals surface area contributed by atoms with Crippen molar-refractivity contribution in [3.05, 3.63) is 35.9 Å². The highest BCUT2D eigenvalue weighted by Crippen LogP contribution is 2.42. The Morgan fingerprint density at radius 1 is 1.26 bits per heavy atom. The van der Waals surface area contributed by atoms with Crippen LogP contribution in [0.3, 0.4) is 0 Å². The molecule has 1 spiro atoms. The monoisotopic (exact) mass is 396 g/mol. The largest absolute Gasteiger partial charge is 0.393 e. The standard InChI is InChI=1S/C19H28N2O5S/c20-27(24,25)12-4-7-18(23)21-10-8-19(9-11-21)14-16(22)13-17(26-19)15-5-2-1-3-6-15/h1-3,5-6,16-17,22H,4,7-14H2,(H2,20,24,25)/t16-,17+/m0/s1. The molecule has 0 aliphatic carbocycles. The fourth-order valence-electron chi connectivity index (χ4n) is 4.10. The average molecular weight is 397 g/mol. The SMILES string of the molecule is NS(=O)(=O)CCCC(=O)N1CCC2(CC1)C[C@@H](O)C[C@H](c1ccccc1)O2. The number of nitrogens with zero attached hydrogens (tertiary/aromatic N) is 1. The van der Waals surface area contributed by atoms with E-state index in [9.17, 15) is 18.3 Å². The van der Waals surface area contributed by atoms with E-state index in [4.69, 9.17) is 9.88 Å². The molecule has 0 radical (unpaired) electrons. The van der Waals surface area contributed by atoms with Crippen LogP contribution in [0.4, 0.5) is 0 Å². The van der Waals surface area contributed by atoms with Crippen LogP contribution in [-0.4, -0.2) is 54.9 Å². The molecule has 0 bridgehead atoms. The maximum absolute atomic E-state index is 12.3. The van der Waals surface area contributed by atoms with Crippen LogP contribution in [0.2, 0.25) is 0 Å². The lowest BCUT2D eigenvalue weighted by molar-refractivity contribution is -0.185. The van der Waals surface area contributed by atoms with Crippen molar-refractivity contribution in [3.63, 3.8) is 0 Å². The first-order valence-electron chi connectivity index (χ1n) is 9.45. The van der Waals surface area contributed by atoms with Crippen molar-refractivity contribution in [2.75, 3.05) is 18.8 Å². The van der Waals surface area contributed by atoms with Gasteiger partial charge in [-0.05, 0) is 24.8 Å². The van der Waals surface area contributed by atoms with Gasteiger partial charge in [-0.3, -0.25) is 4.79 Å². The lowest BCUT2D eigenvalue weighted by Gasteiger charge is -2.48. The minimum atomic E-state index is -3.53. The fourth-order valence-corrected chi connectivity index (χ4v) is 4.64. The number of ether oxygens (including phenoxy) is 1. The Morgan fingerprint density at radius 3 is 2.56 bits per heavy atom. The summed E-state index contributed by atoms with van der Waals surface area (Å²) < 4.78 is 28.4. The summed E-state index contributed by atoms with van der Waals surface area (Å²) >= 11 is 0. The van der Waals surface area contributed by atoms with Crippen molar-refractivity contribution < 1.29 is 23.1 Å². The normalized spacial score (nSPS) is 25.5. The summed E-state index contributed by atoms with van der Waals surface area (Å²) in [5, 5.41) is 15.4. The van der Waals surface area contributed by atoms with Gasteiger partial charge in [0.1, 0.15) is 0 Å². The first-order chi connectivity index (χ1) is 12.8. The molecule has 7 nitrogen and oxygen atoms in total. The molecule has 2 aliphatic heterocycles. The number of nitrogens with two attached hydrogens (primary N) is 1. The van der Waals surface area contributed by atoms with Crippen molar-refractivity contribution >= 4 is 15.9 Å². The predicted octanol–water partition coefficient (Wildman–Crippen LogP) is 1.33. The minimum Gasteiger partial charge on any atom is -0.393 e. The second-order valence-corrected chi connectivity index (χ2v) is 9.38. The minimum absolute atomic E-state index is 0.0514. The van der Waals surface area contributed by atoms with Gasteiger partial charge in [0.25, 0.3) is 0 Å². The molecule has 2 atom stereocenters. The van der Waals surface area contributed by atoms with E-state index in [-0.39, 0.29) is 30.6 Å². The Hall–Kier alpha value is -1.48. The molecule has 1 aromatic rings. The quantitative estimate of drug-likeness (QED) is 0.780. The second-order valence-electron chi connectivity index (χ2n) is 7.65. The number of aliphatic hydroxyl groups is 1. The number of aliphatic hydroxyl groups excluding tert-OH is 1. The van der Waals surface area contributed by atoms with Crippen molar-refractivity contribution in [1.82, 2.24) is 4.90 Å². The molecule has 0 unspecified atom stereocenters. The topological polar surface area (TPSA) is 110 Å². The van der Waals surface area contributed by atoms with Gasteiger partial charge in [-0.15, -0.1) is 0 Å². The van der Waals surface area contributed by atoms with Crippen molar-refractivity contribution in [3.8, 4) is 0 Å². The summed E-state index contributed by atoms with van der Waals surface area (Å²) in [5.74, 6) is -0.227. The molecule has 1 amide bonds. The van der Waals surface area contributed by atoms with Crippen molar-refractivity contribution in [1.29, 1.82) is 0 Å². The molecule has 150 valence electrons. The van der Waals surface area contributed by atoms with E-state index in [0.717, 1.165) is 5.56 Å². The Bertz CT molecular complexity index is 745. The molecule has 0 saturated carbocycles. The highest BCUT2D eigenvalue weighted by Gasteiger charge is 2.44. The van der Waals surface area contributed by atoms with Crippen LogP contribution in [0.1, 0.15) is 50.2 Å². The molecule has 27 heavy (non-hydrogen) atoms. The number of carbonyl (C=O) groups is 1. The molecule has 8 heteroatoms. The molecule has 2 saturated heterocycles. The summed E-state index contributed by atoms with van der Waals surface area (Å²) in [7, 11) is -3.53. The van der Waals surface area contributed by atoms with Gasteiger partial charge in [-0.2, -0.15) is 0 Å². The lowest BCUT2D eigenvalue weighted by Crippen LogP contribution is -2.52. The van der Waals surface area contributed by atoms with Gasteiger partial charge in [0, 0.05) is 32.4 Å². The van der Waals surface area contributed by atoms with Crippen LogP contribution in [0.5, 0.6) is 0 Å². The van der Waals surface area contributed by atoms with Gasteiger partial charge in [0.2, 0.25) is 15.9 Å². The molecule has 2 fully saturated rings. The molecular formula is C19H28N2O5S. The summed E-state index contributed by atoms with van der Waals surface area (Å²) in [5.41, 5.74) is 0.660. The van der Waals surface area contributed by atoms with E-state index < -0.39 is 21.7 Å². The van der Waals surface area contributed by atoms with E-state index in [0.29, 0.717) is 38.8 Å². The van der Waals surface area contributed by atoms with Gasteiger partial charge >= 0.3 is 0 Å². The Labute approximate surface area is 160 Å². The third kappa shape index (κ3) is 5.51. The number of rotatable bonds is 5. The third-order valence-corrected chi connectivity index (χ3v) is 6.36. The van der Waals surface area contributed by atoms with Crippen molar-refractivity contribution in [2.45, 2.75) is 56.3 Å². The Morgan fingerprint density at radius 2 is 1.93 bits per heavy atom. The van der Waals surface area contributed by atoms with Gasteiger partial charge in [0.05, 0.1) is 23.6 Å². The number of benzene rings is 1. The van der Waals surface area contributed by atoms with Crippen LogP contribution in [-0.2, 0) is 19.6 Å². The van der Waals surface area contributed by atoms with E-state index >= 15 is 0 Å². The number of carbonyl (C=O) groups excluding carboxylic acids is 1. The van der Waals surface area contributed by atoms with E-state index in [1.165, 1.54) is 0 Å². The number of hydrogen-bond acceptors (Lipinski definition) is 5. The van der Waals surface area contributed by atoms with Crippen LogP contribution in [0.25, 0.3) is 0 Å². The van der Waals surface area contributed by atoms with Gasteiger partial charge < -0.3 is 14.7 Å². The number of sulfonamides is 1. The zero-order chi connectivity index (χ0) is 19.5. The lowest BCUT2D eigenvalue weighted by atomic mass is 9.81. The number of hydrogen-bond donors (Lipinski definition) is 2. The Balaban J connectivity index is 1.56. The molecule has 3 N–H and O–H groups in total. The second kappa shape index (κ2) is 8.26. The van der Waals surface area contributed by atoms with E-state index in [1.54, 1.807) is 4.90 Å². The summed E-state index contributed by atoms with van der Waals surface area (Å²) in [6.45, 7) is 1.12. The highest BCUT2D eigenvalue weighted by molar-refractivity contribution is 7.89. The first-order valence-corrected chi connectivity index (χ1v) is 11.2.